The Hall–Kier alpha value is -0.160. The zero-order valence-electron chi connectivity index (χ0n) is 8.82. The third kappa shape index (κ3) is 2.08. The lowest BCUT2D eigenvalue weighted by Crippen LogP contribution is -2.52. The molecule has 0 spiro atoms. The molecule has 0 aromatic rings. The van der Waals surface area contributed by atoms with Gasteiger partial charge in [-0.25, -0.2) is 0 Å². The van der Waals surface area contributed by atoms with Gasteiger partial charge < -0.3 is 15.2 Å². The van der Waals surface area contributed by atoms with Gasteiger partial charge in [-0.2, -0.15) is 0 Å². The summed E-state index contributed by atoms with van der Waals surface area (Å²) in [6.07, 6.45) is 3.32. The fourth-order valence-corrected chi connectivity index (χ4v) is 2.46. The SMILES string of the molecule is COCC(CN)N1CC2CCC(C1)O2. The molecule has 2 saturated heterocycles. The lowest BCUT2D eigenvalue weighted by molar-refractivity contribution is -0.0605. The number of hydrogen-bond donors (Lipinski definition) is 1. The summed E-state index contributed by atoms with van der Waals surface area (Å²) in [6.45, 7) is 3.46. The Morgan fingerprint density at radius 2 is 2.07 bits per heavy atom. The number of morpholine rings is 1. The summed E-state index contributed by atoms with van der Waals surface area (Å²) in [7, 11) is 1.73. The molecule has 2 rings (SSSR count). The van der Waals surface area contributed by atoms with Gasteiger partial charge in [0, 0.05) is 32.8 Å². The molecular weight excluding hydrogens is 180 g/mol. The first kappa shape index (κ1) is 10.4. The Labute approximate surface area is 85.3 Å². The number of likely N-dealkylation sites (tertiary alicyclic amines) is 1. The third-order valence-electron chi connectivity index (χ3n) is 3.22. The average molecular weight is 200 g/mol. The van der Waals surface area contributed by atoms with Crippen molar-refractivity contribution in [2.45, 2.75) is 31.1 Å². The van der Waals surface area contributed by atoms with Crippen LogP contribution >= 0.6 is 0 Å². The Balaban J connectivity index is 1.90. The maximum absolute atomic E-state index is 5.78. The van der Waals surface area contributed by atoms with E-state index in [2.05, 4.69) is 4.90 Å². The minimum atomic E-state index is 0.368. The third-order valence-corrected chi connectivity index (χ3v) is 3.22. The maximum atomic E-state index is 5.78. The van der Waals surface area contributed by atoms with Gasteiger partial charge in [-0.15, -0.1) is 0 Å². The van der Waals surface area contributed by atoms with E-state index in [0.717, 1.165) is 19.7 Å². The van der Waals surface area contributed by atoms with E-state index < -0.39 is 0 Å². The van der Waals surface area contributed by atoms with Crippen molar-refractivity contribution in [1.82, 2.24) is 4.90 Å². The average Bonchev–Trinajstić information content (AvgIpc) is 2.54. The second kappa shape index (κ2) is 4.57. The molecule has 0 aromatic heterocycles. The highest BCUT2D eigenvalue weighted by Gasteiger charge is 2.35. The van der Waals surface area contributed by atoms with Gasteiger partial charge in [0.15, 0.2) is 0 Å². The molecule has 4 nitrogen and oxygen atoms in total. The van der Waals surface area contributed by atoms with Gasteiger partial charge in [-0.1, -0.05) is 0 Å². The van der Waals surface area contributed by atoms with Gasteiger partial charge in [-0.3, -0.25) is 4.90 Å². The lowest BCUT2D eigenvalue weighted by Gasteiger charge is -2.37. The van der Waals surface area contributed by atoms with Gasteiger partial charge in [0.25, 0.3) is 0 Å². The first-order valence-corrected chi connectivity index (χ1v) is 5.42. The highest BCUT2D eigenvalue weighted by Crippen LogP contribution is 2.27. The van der Waals surface area contributed by atoms with Crippen LogP contribution in [0.2, 0.25) is 0 Å². The van der Waals surface area contributed by atoms with Gasteiger partial charge in [0.05, 0.1) is 18.8 Å². The van der Waals surface area contributed by atoms with E-state index in [-0.39, 0.29) is 0 Å². The number of hydrogen-bond acceptors (Lipinski definition) is 4. The molecule has 2 heterocycles. The smallest absolute Gasteiger partial charge is 0.0707 e. The van der Waals surface area contributed by atoms with Crippen LogP contribution in [0, 0.1) is 0 Å². The van der Waals surface area contributed by atoms with Crippen LogP contribution in [-0.4, -0.2) is 56.5 Å². The van der Waals surface area contributed by atoms with Crippen LogP contribution in [0.1, 0.15) is 12.8 Å². The molecular formula is C10H20N2O2. The number of nitrogens with two attached hydrogens (primary N) is 1. The second-order valence-corrected chi connectivity index (χ2v) is 4.26. The van der Waals surface area contributed by atoms with Crippen molar-refractivity contribution in [1.29, 1.82) is 0 Å². The summed E-state index contributed by atoms with van der Waals surface area (Å²) < 4.78 is 11.0. The largest absolute Gasteiger partial charge is 0.383 e. The van der Waals surface area contributed by atoms with Crippen molar-refractivity contribution >= 4 is 0 Å². The summed E-state index contributed by atoms with van der Waals surface area (Å²) >= 11 is 0. The van der Waals surface area contributed by atoms with E-state index in [1.807, 2.05) is 0 Å². The topological polar surface area (TPSA) is 47.7 Å². The molecule has 2 N–H and O–H groups in total. The first-order chi connectivity index (χ1) is 6.83. The first-order valence-electron chi connectivity index (χ1n) is 5.42. The minimum absolute atomic E-state index is 0.368. The number of methoxy groups -OCH3 is 1. The molecule has 0 radical (unpaired) electrons. The standard InChI is InChI=1S/C10H20N2O2/c1-13-7-8(4-11)12-5-9-2-3-10(6-12)14-9/h8-10H,2-7,11H2,1H3. The molecule has 2 aliphatic rings. The molecule has 2 fully saturated rings. The van der Waals surface area contributed by atoms with Crippen LogP contribution in [-0.2, 0) is 9.47 Å². The Morgan fingerprint density at radius 3 is 2.57 bits per heavy atom. The molecule has 2 bridgehead atoms. The van der Waals surface area contributed by atoms with Crippen LogP contribution in [0.25, 0.3) is 0 Å². The summed E-state index contributed by atoms with van der Waals surface area (Å²) in [5, 5.41) is 0. The Kier molecular flexibility index (Phi) is 3.38. The van der Waals surface area contributed by atoms with E-state index >= 15 is 0 Å². The highest BCUT2D eigenvalue weighted by atomic mass is 16.5. The Bertz CT molecular complexity index is 177. The summed E-state index contributed by atoms with van der Waals surface area (Å²) in [5.74, 6) is 0. The monoisotopic (exact) mass is 200 g/mol. The number of rotatable bonds is 4. The molecule has 0 aliphatic carbocycles. The maximum Gasteiger partial charge on any atom is 0.0707 e. The number of nitrogens with zero attached hydrogens (tertiary/aromatic N) is 1. The highest BCUT2D eigenvalue weighted by molar-refractivity contribution is 4.88. The van der Waals surface area contributed by atoms with Gasteiger partial charge in [0.1, 0.15) is 0 Å². The van der Waals surface area contributed by atoms with E-state index in [9.17, 15) is 0 Å². The molecule has 82 valence electrons. The quantitative estimate of drug-likeness (QED) is 0.684. The minimum Gasteiger partial charge on any atom is -0.383 e. The van der Waals surface area contributed by atoms with Crippen molar-refractivity contribution in [3.8, 4) is 0 Å². The normalized spacial score (nSPS) is 34.7. The predicted octanol–water partition coefficient (Wildman–Crippen LogP) is -0.177. The van der Waals surface area contributed by atoms with E-state index in [4.69, 9.17) is 15.2 Å². The van der Waals surface area contributed by atoms with Gasteiger partial charge >= 0.3 is 0 Å². The molecule has 14 heavy (non-hydrogen) atoms. The van der Waals surface area contributed by atoms with Gasteiger partial charge in [0.2, 0.25) is 0 Å². The molecule has 0 saturated carbocycles. The van der Waals surface area contributed by atoms with Crippen LogP contribution in [0.15, 0.2) is 0 Å². The van der Waals surface area contributed by atoms with E-state index in [1.165, 1.54) is 12.8 Å². The lowest BCUT2D eigenvalue weighted by atomic mass is 10.2. The summed E-state index contributed by atoms with van der Waals surface area (Å²) in [4.78, 5) is 2.43. The van der Waals surface area contributed by atoms with Crippen LogP contribution in [0.4, 0.5) is 0 Å². The van der Waals surface area contributed by atoms with E-state index in [0.29, 0.717) is 24.8 Å². The zero-order valence-corrected chi connectivity index (χ0v) is 8.82. The van der Waals surface area contributed by atoms with E-state index in [1.54, 1.807) is 7.11 Å². The fraction of sp³-hybridized carbons (Fsp3) is 1.00. The van der Waals surface area contributed by atoms with Crippen molar-refractivity contribution < 1.29 is 9.47 Å². The molecule has 4 heteroatoms. The number of ether oxygens (including phenoxy) is 2. The molecule has 0 aromatic carbocycles. The summed E-state index contributed by atoms with van der Waals surface area (Å²) in [5.41, 5.74) is 5.74. The fourth-order valence-electron chi connectivity index (χ4n) is 2.46. The molecule has 2 aliphatic heterocycles. The second-order valence-electron chi connectivity index (χ2n) is 4.26. The van der Waals surface area contributed by atoms with Crippen LogP contribution in [0.5, 0.6) is 0 Å². The predicted molar refractivity (Wildman–Crippen MR) is 54.2 cm³/mol. The zero-order chi connectivity index (χ0) is 9.97. The van der Waals surface area contributed by atoms with Crippen molar-refractivity contribution in [3.05, 3.63) is 0 Å². The molecule has 0 amide bonds. The van der Waals surface area contributed by atoms with Crippen LogP contribution in [0.3, 0.4) is 0 Å². The van der Waals surface area contributed by atoms with Gasteiger partial charge in [-0.05, 0) is 12.8 Å². The number of fused-ring (bicyclic) bond motifs is 2. The Morgan fingerprint density at radius 1 is 1.43 bits per heavy atom. The van der Waals surface area contributed by atoms with Crippen molar-refractivity contribution in [2.75, 3.05) is 33.4 Å². The summed E-state index contributed by atoms with van der Waals surface area (Å²) in [6, 6.07) is 0.368. The van der Waals surface area contributed by atoms with Crippen LogP contribution < -0.4 is 5.73 Å². The van der Waals surface area contributed by atoms with Crippen molar-refractivity contribution in [3.63, 3.8) is 0 Å². The molecule has 3 atom stereocenters. The van der Waals surface area contributed by atoms with Crippen molar-refractivity contribution in [2.24, 2.45) is 5.73 Å². The molecule has 3 unspecified atom stereocenters.